The first-order chi connectivity index (χ1) is 9.41. The predicted octanol–water partition coefficient (Wildman–Crippen LogP) is 0.909. The number of aromatic nitrogens is 2. The van der Waals surface area contributed by atoms with E-state index in [9.17, 15) is 4.79 Å². The average Bonchev–Trinajstić information content (AvgIpc) is 2.76. The number of fused-ring (bicyclic) bond motifs is 1. The summed E-state index contributed by atoms with van der Waals surface area (Å²) in [4.78, 5) is 16.1. The number of nitrogens with one attached hydrogen (secondary N) is 1. The van der Waals surface area contributed by atoms with Gasteiger partial charge in [-0.2, -0.15) is 0 Å². The number of rotatable bonds is 5. The van der Waals surface area contributed by atoms with Gasteiger partial charge in [-0.25, -0.2) is 4.98 Å². The SMILES string of the molecule is Cc1cn2cccc(OCC(=O)NC(C)(C)CO)c2n1. The number of aliphatic hydroxyl groups excluding tert-OH is 1. The van der Waals surface area contributed by atoms with Crippen molar-refractivity contribution in [2.24, 2.45) is 0 Å². The minimum atomic E-state index is -0.656. The summed E-state index contributed by atoms with van der Waals surface area (Å²) in [5.41, 5.74) is 0.905. The molecule has 0 spiro atoms. The van der Waals surface area contributed by atoms with Gasteiger partial charge in [0.05, 0.1) is 17.8 Å². The fourth-order valence-electron chi connectivity index (χ4n) is 1.82. The van der Waals surface area contributed by atoms with Crippen LogP contribution < -0.4 is 10.1 Å². The monoisotopic (exact) mass is 277 g/mol. The molecule has 0 atom stereocenters. The fraction of sp³-hybridized carbons (Fsp3) is 0.429. The zero-order valence-corrected chi connectivity index (χ0v) is 11.9. The lowest BCUT2D eigenvalue weighted by Crippen LogP contribution is -2.48. The Labute approximate surface area is 117 Å². The van der Waals surface area contributed by atoms with Crippen molar-refractivity contribution in [3.8, 4) is 5.75 Å². The standard InChI is InChI=1S/C14H19N3O3/c1-10-7-17-6-4-5-11(13(17)15-10)20-8-12(19)16-14(2,3)9-18/h4-7,18H,8-9H2,1-3H3,(H,16,19). The molecule has 0 radical (unpaired) electrons. The molecule has 0 aliphatic heterocycles. The molecule has 0 unspecified atom stereocenters. The molecule has 0 saturated carbocycles. The Bertz CT molecular complexity index is 619. The first-order valence-corrected chi connectivity index (χ1v) is 6.40. The maximum Gasteiger partial charge on any atom is 0.258 e. The van der Waals surface area contributed by atoms with Crippen LogP contribution in [0.15, 0.2) is 24.5 Å². The van der Waals surface area contributed by atoms with Gasteiger partial charge in [-0.15, -0.1) is 0 Å². The molecule has 0 fully saturated rings. The van der Waals surface area contributed by atoms with Gasteiger partial charge in [0.25, 0.3) is 5.91 Å². The molecule has 6 nitrogen and oxygen atoms in total. The lowest BCUT2D eigenvalue weighted by Gasteiger charge is -2.23. The molecule has 1 amide bonds. The van der Waals surface area contributed by atoms with Crippen molar-refractivity contribution in [1.29, 1.82) is 0 Å². The van der Waals surface area contributed by atoms with Gasteiger partial charge < -0.3 is 19.6 Å². The Morgan fingerprint density at radius 2 is 2.30 bits per heavy atom. The summed E-state index contributed by atoms with van der Waals surface area (Å²) < 4.78 is 7.36. The molecule has 2 rings (SSSR count). The summed E-state index contributed by atoms with van der Waals surface area (Å²) in [6, 6.07) is 3.60. The third-order valence-electron chi connectivity index (χ3n) is 2.80. The van der Waals surface area contributed by atoms with Crippen LogP contribution in [-0.2, 0) is 4.79 Å². The smallest absolute Gasteiger partial charge is 0.258 e. The van der Waals surface area contributed by atoms with Gasteiger partial charge in [-0.05, 0) is 32.9 Å². The molecule has 2 heterocycles. The second-order valence-electron chi connectivity index (χ2n) is 5.36. The molecular weight excluding hydrogens is 258 g/mol. The molecule has 0 aliphatic rings. The average molecular weight is 277 g/mol. The van der Waals surface area contributed by atoms with Gasteiger partial charge in [-0.1, -0.05) is 0 Å². The highest BCUT2D eigenvalue weighted by Gasteiger charge is 2.19. The summed E-state index contributed by atoms with van der Waals surface area (Å²) in [6.07, 6.45) is 3.76. The Hall–Kier alpha value is -2.08. The van der Waals surface area contributed by atoms with Gasteiger partial charge in [0.2, 0.25) is 0 Å². The number of aliphatic hydroxyl groups is 1. The zero-order valence-electron chi connectivity index (χ0n) is 11.9. The molecule has 0 aromatic carbocycles. The van der Waals surface area contributed by atoms with E-state index in [0.717, 1.165) is 5.69 Å². The molecule has 108 valence electrons. The van der Waals surface area contributed by atoms with Crippen molar-refractivity contribution in [1.82, 2.24) is 14.7 Å². The predicted molar refractivity (Wildman–Crippen MR) is 74.7 cm³/mol. The van der Waals surface area contributed by atoms with Crippen LogP contribution in [0.1, 0.15) is 19.5 Å². The highest BCUT2D eigenvalue weighted by Crippen LogP contribution is 2.18. The van der Waals surface area contributed by atoms with Crippen LogP contribution in [0.4, 0.5) is 0 Å². The lowest BCUT2D eigenvalue weighted by molar-refractivity contribution is -0.125. The minimum absolute atomic E-state index is 0.116. The van der Waals surface area contributed by atoms with E-state index in [1.165, 1.54) is 0 Å². The third kappa shape index (κ3) is 3.27. The third-order valence-corrected chi connectivity index (χ3v) is 2.80. The summed E-state index contributed by atoms with van der Waals surface area (Å²) in [7, 11) is 0. The van der Waals surface area contributed by atoms with Crippen molar-refractivity contribution in [2.75, 3.05) is 13.2 Å². The van der Waals surface area contributed by atoms with E-state index in [1.807, 2.05) is 29.8 Å². The van der Waals surface area contributed by atoms with Gasteiger partial charge in [0.1, 0.15) is 0 Å². The molecule has 6 heteroatoms. The van der Waals surface area contributed by atoms with Gasteiger partial charge in [0, 0.05) is 12.4 Å². The number of carbonyl (C=O) groups is 1. The summed E-state index contributed by atoms with van der Waals surface area (Å²) in [5, 5.41) is 11.8. The zero-order chi connectivity index (χ0) is 14.8. The van der Waals surface area contributed by atoms with Crippen LogP contribution in [0.25, 0.3) is 5.65 Å². The maximum atomic E-state index is 11.8. The Morgan fingerprint density at radius 1 is 1.55 bits per heavy atom. The quantitative estimate of drug-likeness (QED) is 0.851. The second kappa shape index (κ2) is 5.50. The van der Waals surface area contributed by atoms with Gasteiger partial charge in [0.15, 0.2) is 18.0 Å². The molecule has 2 aromatic rings. The first kappa shape index (κ1) is 14.3. The lowest BCUT2D eigenvalue weighted by atomic mass is 10.1. The van der Waals surface area contributed by atoms with Crippen molar-refractivity contribution in [3.63, 3.8) is 0 Å². The Morgan fingerprint density at radius 3 is 3.00 bits per heavy atom. The number of carbonyl (C=O) groups excluding carboxylic acids is 1. The topological polar surface area (TPSA) is 75.9 Å². The van der Waals surface area contributed by atoms with E-state index in [2.05, 4.69) is 10.3 Å². The van der Waals surface area contributed by atoms with Crippen molar-refractivity contribution < 1.29 is 14.6 Å². The second-order valence-corrected chi connectivity index (χ2v) is 5.36. The number of hydrogen-bond acceptors (Lipinski definition) is 4. The Balaban J connectivity index is 2.04. The molecular formula is C14H19N3O3. The van der Waals surface area contributed by atoms with E-state index >= 15 is 0 Å². The van der Waals surface area contributed by atoms with Crippen LogP contribution in [-0.4, -0.2) is 39.2 Å². The van der Waals surface area contributed by atoms with Crippen molar-refractivity contribution >= 4 is 11.6 Å². The van der Waals surface area contributed by atoms with Gasteiger partial charge >= 0.3 is 0 Å². The number of nitrogens with zero attached hydrogens (tertiary/aromatic N) is 2. The summed E-state index contributed by atoms with van der Waals surface area (Å²) >= 11 is 0. The molecule has 0 aliphatic carbocycles. The molecule has 20 heavy (non-hydrogen) atoms. The highest BCUT2D eigenvalue weighted by molar-refractivity contribution is 5.78. The molecule has 0 bridgehead atoms. The van der Waals surface area contributed by atoms with E-state index in [4.69, 9.17) is 9.84 Å². The van der Waals surface area contributed by atoms with Gasteiger partial charge in [-0.3, -0.25) is 4.79 Å². The largest absolute Gasteiger partial charge is 0.480 e. The Kier molecular flexibility index (Phi) is 3.94. The van der Waals surface area contributed by atoms with E-state index in [-0.39, 0.29) is 19.1 Å². The van der Waals surface area contributed by atoms with E-state index < -0.39 is 5.54 Å². The fourth-order valence-corrected chi connectivity index (χ4v) is 1.82. The molecule has 2 aromatic heterocycles. The van der Waals surface area contributed by atoms with Crippen LogP contribution in [0.5, 0.6) is 5.75 Å². The maximum absolute atomic E-state index is 11.8. The number of imidazole rings is 1. The van der Waals surface area contributed by atoms with Crippen LogP contribution in [0.3, 0.4) is 0 Å². The highest BCUT2D eigenvalue weighted by atomic mass is 16.5. The summed E-state index contributed by atoms with van der Waals surface area (Å²) in [5.74, 6) is 0.270. The number of ether oxygens (including phenoxy) is 1. The number of pyridine rings is 1. The molecule has 2 N–H and O–H groups in total. The number of amides is 1. The van der Waals surface area contributed by atoms with Crippen molar-refractivity contribution in [3.05, 3.63) is 30.2 Å². The summed E-state index contributed by atoms with van der Waals surface area (Å²) in [6.45, 7) is 5.13. The van der Waals surface area contributed by atoms with Crippen LogP contribution >= 0.6 is 0 Å². The normalized spacial score (nSPS) is 11.6. The van der Waals surface area contributed by atoms with Crippen molar-refractivity contribution in [2.45, 2.75) is 26.3 Å². The first-order valence-electron chi connectivity index (χ1n) is 6.40. The van der Waals surface area contributed by atoms with E-state index in [1.54, 1.807) is 19.9 Å². The van der Waals surface area contributed by atoms with E-state index in [0.29, 0.717) is 11.4 Å². The minimum Gasteiger partial charge on any atom is -0.480 e. The van der Waals surface area contributed by atoms with Crippen LogP contribution in [0.2, 0.25) is 0 Å². The number of hydrogen-bond donors (Lipinski definition) is 2. The van der Waals surface area contributed by atoms with Crippen LogP contribution in [0, 0.1) is 6.92 Å². The number of aryl methyl sites for hydroxylation is 1. The molecule has 0 saturated heterocycles.